The van der Waals surface area contributed by atoms with E-state index >= 15 is 0 Å². The number of hydrogen-bond acceptors (Lipinski definition) is 8. The van der Waals surface area contributed by atoms with Gasteiger partial charge in [-0.25, -0.2) is 0 Å². The van der Waals surface area contributed by atoms with E-state index in [1.165, 1.54) is 51.9 Å². The summed E-state index contributed by atoms with van der Waals surface area (Å²) in [6.07, 6.45) is 15.5. The highest BCUT2D eigenvalue weighted by Gasteiger charge is 2.85. The van der Waals surface area contributed by atoms with Crippen LogP contribution in [0.3, 0.4) is 0 Å². The number of carbonyl (C=O) groups is 3. The van der Waals surface area contributed by atoms with Gasteiger partial charge in [0.15, 0.2) is 5.60 Å². The highest BCUT2D eigenvalue weighted by atomic mass is 16.6. The number of aliphatic hydroxyl groups excluding tert-OH is 1. The van der Waals surface area contributed by atoms with Crippen LogP contribution in [0, 0.1) is 29.1 Å². The first-order valence-electron chi connectivity index (χ1n) is 17.1. The number of esters is 2. The zero-order valence-electron chi connectivity index (χ0n) is 27.8. The second kappa shape index (κ2) is 13.4. The van der Waals surface area contributed by atoms with Gasteiger partial charge < -0.3 is 24.8 Å². The van der Waals surface area contributed by atoms with E-state index in [2.05, 4.69) is 6.92 Å². The van der Waals surface area contributed by atoms with Gasteiger partial charge >= 0.3 is 11.9 Å². The summed E-state index contributed by atoms with van der Waals surface area (Å²) in [5.74, 6) is -4.39. The molecule has 0 aromatic carbocycles. The molecular weight excluding hydrogens is 560 g/mol. The van der Waals surface area contributed by atoms with Gasteiger partial charge in [-0.05, 0) is 24.5 Å². The molecule has 8 nitrogen and oxygen atoms in total. The minimum Gasteiger partial charge on any atom is -0.459 e. The van der Waals surface area contributed by atoms with Gasteiger partial charge in [-0.1, -0.05) is 104 Å². The average molecular weight is 617 g/mol. The van der Waals surface area contributed by atoms with Crippen molar-refractivity contribution in [3.8, 4) is 0 Å². The summed E-state index contributed by atoms with van der Waals surface area (Å²) in [6, 6.07) is 0. The first-order chi connectivity index (χ1) is 20.7. The maximum atomic E-state index is 13.7. The van der Waals surface area contributed by atoms with Gasteiger partial charge in [0.2, 0.25) is 5.78 Å². The highest BCUT2D eigenvalue weighted by Crippen LogP contribution is 2.75. The minimum atomic E-state index is -1.72. The monoisotopic (exact) mass is 616 g/mol. The first-order valence-corrected chi connectivity index (χ1v) is 17.1. The van der Waals surface area contributed by atoms with Crippen molar-refractivity contribution >= 4 is 17.7 Å². The lowest BCUT2D eigenvalue weighted by molar-refractivity contribution is -0.225. The topological polar surface area (TPSA) is 130 Å². The Labute approximate surface area is 263 Å². The molecule has 0 aromatic heterocycles. The van der Waals surface area contributed by atoms with E-state index in [0.29, 0.717) is 17.6 Å². The molecule has 4 aliphatic rings. The highest BCUT2D eigenvalue weighted by molar-refractivity contribution is 6.06. The maximum Gasteiger partial charge on any atom is 0.306 e. The number of aliphatic hydroxyl groups is 3. The van der Waals surface area contributed by atoms with E-state index < -0.39 is 69.7 Å². The van der Waals surface area contributed by atoms with Gasteiger partial charge in [-0.2, -0.15) is 0 Å². The molecule has 0 amide bonds. The summed E-state index contributed by atoms with van der Waals surface area (Å²) in [4.78, 5) is 39.2. The molecule has 0 saturated heterocycles. The van der Waals surface area contributed by atoms with Gasteiger partial charge in [-0.15, -0.1) is 0 Å². The number of hydrogen-bond donors (Lipinski definition) is 3. The van der Waals surface area contributed by atoms with Gasteiger partial charge in [0.25, 0.3) is 0 Å². The molecule has 0 spiro atoms. The first kappa shape index (κ1) is 34.8. The van der Waals surface area contributed by atoms with Crippen molar-refractivity contribution in [3.63, 3.8) is 0 Å². The van der Waals surface area contributed by atoms with Crippen LogP contribution in [-0.4, -0.2) is 62.6 Å². The average Bonchev–Trinajstić information content (AvgIpc) is 3.35. The molecule has 44 heavy (non-hydrogen) atoms. The van der Waals surface area contributed by atoms with E-state index in [0.717, 1.165) is 19.3 Å². The van der Waals surface area contributed by atoms with Crippen molar-refractivity contribution < 1.29 is 39.2 Å². The SMILES string of the molecule is CCCCCCCCCCCCCC(=O)O[C@@H]1[C@@H](C)[C@@]2(O)[C@@H](C=C(CO)C[C@]3(OC(C)=O)C(=O)C(C)=C[C@@H]23)[C@@H]2C(C)(C)[C@]12O. The predicted octanol–water partition coefficient (Wildman–Crippen LogP) is 5.75. The number of ether oxygens (including phenoxy) is 2. The Morgan fingerprint density at radius 1 is 0.955 bits per heavy atom. The summed E-state index contributed by atoms with van der Waals surface area (Å²) in [5, 5.41) is 35.2. The van der Waals surface area contributed by atoms with Crippen molar-refractivity contribution in [2.75, 3.05) is 6.61 Å². The van der Waals surface area contributed by atoms with Crippen LogP contribution in [0.25, 0.3) is 0 Å². The smallest absolute Gasteiger partial charge is 0.306 e. The lowest BCUT2D eigenvalue weighted by atomic mass is 9.59. The van der Waals surface area contributed by atoms with Crippen LogP contribution < -0.4 is 0 Å². The molecule has 4 aliphatic carbocycles. The number of unbranched alkanes of at least 4 members (excludes halogenated alkanes) is 10. The fraction of sp³-hybridized carbons (Fsp3) is 0.806. The van der Waals surface area contributed by atoms with Gasteiger partial charge in [-0.3, -0.25) is 14.4 Å². The van der Waals surface area contributed by atoms with Crippen LogP contribution >= 0.6 is 0 Å². The van der Waals surface area contributed by atoms with Crippen molar-refractivity contribution in [2.24, 2.45) is 29.1 Å². The summed E-state index contributed by atoms with van der Waals surface area (Å²) in [5.41, 5.74) is -4.70. The number of fused-ring (bicyclic) bond motifs is 5. The molecule has 0 aliphatic heterocycles. The fourth-order valence-electron chi connectivity index (χ4n) is 9.11. The normalized spacial score (nSPS) is 36.8. The van der Waals surface area contributed by atoms with Gasteiger partial charge in [0, 0.05) is 42.9 Å². The standard InChI is InChI=1S/C36H56O8/c1-7-8-9-10-11-12-13-14-15-16-17-18-29(39)43-32-24(3)35(41)27(30-33(5,6)36(30,32)42)20-26(22-37)21-34(44-25(4)38)28(35)19-23(2)31(34)40/h19-20,24,27-28,30,32,37,41-42H,7-18,21-22H2,1-6H3/t24-,27+,28-,30-,32-,34-,35-,36-/m1/s1. The Morgan fingerprint density at radius 3 is 2.07 bits per heavy atom. The van der Waals surface area contributed by atoms with E-state index in [-0.39, 0.29) is 19.4 Å². The van der Waals surface area contributed by atoms with Crippen LogP contribution in [0.5, 0.6) is 0 Å². The number of ketones is 1. The number of carbonyl (C=O) groups excluding carboxylic acids is 3. The van der Waals surface area contributed by atoms with E-state index in [4.69, 9.17) is 9.47 Å². The molecule has 248 valence electrons. The molecule has 4 rings (SSSR count). The summed E-state index contributed by atoms with van der Waals surface area (Å²) in [6.45, 7) is 10.3. The summed E-state index contributed by atoms with van der Waals surface area (Å²) in [7, 11) is 0. The molecule has 2 saturated carbocycles. The third-order valence-electron chi connectivity index (χ3n) is 11.5. The van der Waals surface area contributed by atoms with Crippen molar-refractivity contribution in [2.45, 2.75) is 148 Å². The molecule has 0 heterocycles. The van der Waals surface area contributed by atoms with E-state index in [1.807, 2.05) is 13.8 Å². The molecule has 0 unspecified atom stereocenters. The third kappa shape index (κ3) is 5.84. The lowest BCUT2D eigenvalue weighted by Crippen LogP contribution is -2.66. The Bertz CT molecular complexity index is 1150. The lowest BCUT2D eigenvalue weighted by Gasteiger charge is -2.53. The number of rotatable bonds is 15. The second-order valence-electron chi connectivity index (χ2n) is 14.7. The molecular formula is C36H56O8. The van der Waals surface area contributed by atoms with Crippen molar-refractivity contribution in [1.82, 2.24) is 0 Å². The zero-order valence-corrected chi connectivity index (χ0v) is 27.8. The number of Topliss-reactive ketones (excluding diaryl/α,β-unsaturated/α-hetero) is 1. The zero-order chi connectivity index (χ0) is 32.5. The molecule has 8 atom stereocenters. The van der Waals surface area contributed by atoms with Crippen molar-refractivity contribution in [3.05, 3.63) is 23.3 Å². The van der Waals surface area contributed by atoms with Crippen LogP contribution in [0.1, 0.15) is 125 Å². The molecule has 2 fully saturated rings. The third-order valence-corrected chi connectivity index (χ3v) is 11.5. The fourth-order valence-corrected chi connectivity index (χ4v) is 9.11. The van der Waals surface area contributed by atoms with E-state index in [1.54, 1.807) is 26.0 Å². The maximum absolute atomic E-state index is 13.7. The largest absolute Gasteiger partial charge is 0.459 e. The molecule has 0 aromatic rings. The Kier molecular flexibility index (Phi) is 10.6. The Balaban J connectivity index is 1.49. The molecule has 0 bridgehead atoms. The predicted molar refractivity (Wildman–Crippen MR) is 167 cm³/mol. The Morgan fingerprint density at radius 2 is 1.52 bits per heavy atom. The quantitative estimate of drug-likeness (QED) is 0.120. The van der Waals surface area contributed by atoms with Crippen LogP contribution in [0.4, 0.5) is 0 Å². The van der Waals surface area contributed by atoms with Gasteiger partial charge in [0.1, 0.15) is 11.7 Å². The van der Waals surface area contributed by atoms with Crippen LogP contribution in [-0.2, 0) is 23.9 Å². The van der Waals surface area contributed by atoms with Crippen molar-refractivity contribution in [1.29, 1.82) is 0 Å². The van der Waals surface area contributed by atoms with Gasteiger partial charge in [0.05, 0.1) is 18.1 Å². The minimum absolute atomic E-state index is 0.0547. The van der Waals surface area contributed by atoms with E-state index in [9.17, 15) is 29.7 Å². The summed E-state index contributed by atoms with van der Waals surface area (Å²) >= 11 is 0. The van der Waals surface area contributed by atoms with Crippen LogP contribution in [0.2, 0.25) is 0 Å². The Hall–Kier alpha value is -2.03. The molecule has 0 radical (unpaired) electrons. The summed E-state index contributed by atoms with van der Waals surface area (Å²) < 4.78 is 11.9. The molecule has 3 N–H and O–H groups in total. The second-order valence-corrected chi connectivity index (χ2v) is 14.7. The van der Waals surface area contributed by atoms with Crippen LogP contribution in [0.15, 0.2) is 23.3 Å². The molecule has 8 heteroatoms.